The van der Waals surface area contributed by atoms with Crippen LogP contribution in [-0.4, -0.2) is 28.0 Å². The topological polar surface area (TPSA) is 59.2 Å². The van der Waals surface area contributed by atoms with Crippen LogP contribution in [0.25, 0.3) is 0 Å². The molecule has 6 heteroatoms. The van der Waals surface area contributed by atoms with Gasteiger partial charge in [0.05, 0.1) is 11.6 Å². The molecule has 0 unspecified atom stereocenters. The van der Waals surface area contributed by atoms with Crippen molar-refractivity contribution in [2.24, 2.45) is 0 Å². The fourth-order valence-electron chi connectivity index (χ4n) is 3.33. The third-order valence-electron chi connectivity index (χ3n) is 4.73. The second-order valence-corrected chi connectivity index (χ2v) is 7.63. The van der Waals surface area contributed by atoms with E-state index in [0.717, 1.165) is 48.6 Å². The summed E-state index contributed by atoms with van der Waals surface area (Å²) in [6.07, 6.45) is 5.01. The van der Waals surface area contributed by atoms with Crippen LogP contribution in [0, 0.1) is 0 Å². The summed E-state index contributed by atoms with van der Waals surface area (Å²) in [6, 6.07) is 10.2. The molecule has 1 aromatic carbocycles. The summed E-state index contributed by atoms with van der Waals surface area (Å²) in [7, 11) is 1.79. The minimum absolute atomic E-state index is 0.0758. The van der Waals surface area contributed by atoms with Gasteiger partial charge in [-0.1, -0.05) is 35.5 Å². The minimum Gasteiger partial charge on any atom is -0.361 e. The first kappa shape index (κ1) is 17.0. The Morgan fingerprint density at radius 1 is 1.23 bits per heavy atom. The molecule has 1 amide bonds. The molecule has 0 bridgehead atoms. The van der Waals surface area contributed by atoms with Crippen LogP contribution in [0.5, 0.6) is 0 Å². The van der Waals surface area contributed by atoms with Crippen molar-refractivity contribution in [1.29, 1.82) is 0 Å². The van der Waals surface area contributed by atoms with E-state index in [2.05, 4.69) is 22.3 Å². The lowest BCUT2D eigenvalue weighted by Crippen LogP contribution is -2.27. The summed E-state index contributed by atoms with van der Waals surface area (Å²) in [5, 5.41) is 6.98. The van der Waals surface area contributed by atoms with E-state index in [0.29, 0.717) is 12.2 Å². The quantitative estimate of drug-likeness (QED) is 0.687. The van der Waals surface area contributed by atoms with Crippen LogP contribution in [0.3, 0.4) is 0 Å². The van der Waals surface area contributed by atoms with Gasteiger partial charge in [-0.05, 0) is 24.8 Å². The molecule has 134 valence electrons. The number of rotatable bonds is 5. The highest BCUT2D eigenvalue weighted by atomic mass is 32.1. The highest BCUT2D eigenvalue weighted by molar-refractivity contribution is 7.09. The van der Waals surface area contributed by atoms with Crippen molar-refractivity contribution < 1.29 is 9.32 Å². The first-order valence-corrected chi connectivity index (χ1v) is 9.79. The Morgan fingerprint density at radius 3 is 2.88 bits per heavy atom. The highest BCUT2D eigenvalue weighted by Gasteiger charge is 2.23. The normalized spacial score (nSPS) is 13.4. The van der Waals surface area contributed by atoms with Gasteiger partial charge in [0.1, 0.15) is 17.1 Å². The molecule has 0 N–H and O–H groups in total. The Labute approximate surface area is 156 Å². The Kier molecular flexibility index (Phi) is 4.84. The number of hydrogen-bond donors (Lipinski definition) is 0. The molecule has 2 aromatic heterocycles. The lowest BCUT2D eigenvalue weighted by atomic mass is 9.96. The average Bonchev–Trinajstić information content (AvgIpc) is 3.29. The van der Waals surface area contributed by atoms with E-state index in [-0.39, 0.29) is 5.91 Å². The first-order chi connectivity index (χ1) is 12.7. The smallest absolute Gasteiger partial charge is 0.273 e. The summed E-state index contributed by atoms with van der Waals surface area (Å²) in [5.74, 6) is 0.916. The van der Waals surface area contributed by atoms with Crippen molar-refractivity contribution in [2.75, 3.05) is 7.05 Å². The standard InChI is InChI=1S/C20H21N3O2S/c1-23(12-16-15-9-5-6-10-18(15)25-22-16)20(24)17-13-26-19(21-17)11-14-7-3-2-4-8-14/h2-4,7-8,13H,5-6,9-12H2,1H3. The number of thiazole rings is 1. The number of aromatic nitrogens is 2. The Morgan fingerprint density at radius 2 is 2.04 bits per heavy atom. The second-order valence-electron chi connectivity index (χ2n) is 6.69. The number of hydrogen-bond acceptors (Lipinski definition) is 5. The number of nitrogens with zero attached hydrogens (tertiary/aromatic N) is 3. The van der Waals surface area contributed by atoms with Crippen molar-refractivity contribution in [3.63, 3.8) is 0 Å². The van der Waals surface area contributed by atoms with E-state index in [1.165, 1.54) is 22.5 Å². The van der Waals surface area contributed by atoms with E-state index in [1.54, 1.807) is 11.9 Å². The predicted octanol–water partition coefficient (Wildman–Crippen LogP) is 3.87. The molecule has 2 heterocycles. The summed E-state index contributed by atoms with van der Waals surface area (Å²) >= 11 is 1.53. The van der Waals surface area contributed by atoms with Gasteiger partial charge < -0.3 is 9.42 Å². The van der Waals surface area contributed by atoms with Gasteiger partial charge >= 0.3 is 0 Å². The zero-order valence-corrected chi connectivity index (χ0v) is 15.6. The fraction of sp³-hybridized carbons (Fsp3) is 0.350. The van der Waals surface area contributed by atoms with Crippen LogP contribution in [0.15, 0.2) is 40.2 Å². The zero-order valence-electron chi connectivity index (χ0n) is 14.8. The van der Waals surface area contributed by atoms with E-state index in [9.17, 15) is 4.79 Å². The maximum absolute atomic E-state index is 12.7. The van der Waals surface area contributed by atoms with E-state index >= 15 is 0 Å². The number of carbonyl (C=O) groups excluding carboxylic acids is 1. The summed E-state index contributed by atoms with van der Waals surface area (Å²) in [6.45, 7) is 0.462. The van der Waals surface area contributed by atoms with Crippen LogP contribution < -0.4 is 0 Å². The number of carbonyl (C=O) groups is 1. The second kappa shape index (κ2) is 7.41. The number of fused-ring (bicyclic) bond motifs is 1. The molecular weight excluding hydrogens is 346 g/mol. The average molecular weight is 367 g/mol. The summed E-state index contributed by atoms with van der Waals surface area (Å²) in [5.41, 5.74) is 3.78. The predicted molar refractivity (Wildman–Crippen MR) is 100 cm³/mol. The first-order valence-electron chi connectivity index (χ1n) is 8.91. The molecule has 0 aliphatic heterocycles. The van der Waals surface area contributed by atoms with E-state index in [4.69, 9.17) is 4.52 Å². The van der Waals surface area contributed by atoms with Crippen LogP contribution >= 0.6 is 11.3 Å². The third kappa shape index (κ3) is 3.55. The van der Waals surface area contributed by atoms with Crippen LogP contribution in [0.4, 0.5) is 0 Å². The molecule has 1 aliphatic carbocycles. The van der Waals surface area contributed by atoms with Gasteiger partial charge in [0, 0.05) is 30.8 Å². The molecule has 0 fully saturated rings. The van der Waals surface area contributed by atoms with Gasteiger partial charge in [-0.15, -0.1) is 11.3 Å². The third-order valence-corrected chi connectivity index (χ3v) is 5.58. The Balaban J connectivity index is 1.43. The summed E-state index contributed by atoms with van der Waals surface area (Å²) in [4.78, 5) is 18.9. The van der Waals surface area contributed by atoms with Crippen LogP contribution in [0.1, 0.15) is 50.9 Å². The van der Waals surface area contributed by atoms with Crippen molar-refractivity contribution in [1.82, 2.24) is 15.0 Å². The molecule has 3 aromatic rings. The van der Waals surface area contributed by atoms with Crippen molar-refractivity contribution in [3.8, 4) is 0 Å². The fourth-order valence-corrected chi connectivity index (χ4v) is 4.13. The molecule has 5 nitrogen and oxygen atoms in total. The lowest BCUT2D eigenvalue weighted by molar-refractivity contribution is 0.0776. The molecule has 0 saturated carbocycles. The molecular formula is C20H21N3O2S. The largest absolute Gasteiger partial charge is 0.361 e. The Bertz CT molecular complexity index is 901. The maximum Gasteiger partial charge on any atom is 0.273 e. The van der Waals surface area contributed by atoms with Crippen molar-refractivity contribution in [2.45, 2.75) is 38.6 Å². The maximum atomic E-state index is 12.7. The molecule has 26 heavy (non-hydrogen) atoms. The summed E-state index contributed by atoms with van der Waals surface area (Å²) < 4.78 is 5.44. The van der Waals surface area contributed by atoms with Crippen molar-refractivity contribution in [3.05, 3.63) is 69.0 Å². The monoisotopic (exact) mass is 367 g/mol. The van der Waals surface area contributed by atoms with Crippen LogP contribution in [0.2, 0.25) is 0 Å². The van der Waals surface area contributed by atoms with Crippen molar-refractivity contribution >= 4 is 17.2 Å². The molecule has 4 rings (SSSR count). The van der Waals surface area contributed by atoms with E-state index in [1.807, 2.05) is 23.6 Å². The molecule has 0 saturated heterocycles. The number of amides is 1. The molecule has 0 radical (unpaired) electrons. The minimum atomic E-state index is -0.0758. The lowest BCUT2D eigenvalue weighted by Gasteiger charge is -2.16. The Hall–Kier alpha value is -2.47. The van der Waals surface area contributed by atoms with Gasteiger partial charge in [-0.2, -0.15) is 0 Å². The van der Waals surface area contributed by atoms with Gasteiger partial charge in [0.25, 0.3) is 5.91 Å². The molecule has 0 spiro atoms. The molecule has 0 atom stereocenters. The van der Waals surface area contributed by atoms with Gasteiger partial charge in [0.15, 0.2) is 0 Å². The highest BCUT2D eigenvalue weighted by Crippen LogP contribution is 2.25. The van der Waals surface area contributed by atoms with E-state index < -0.39 is 0 Å². The van der Waals surface area contributed by atoms with Gasteiger partial charge in [0.2, 0.25) is 0 Å². The zero-order chi connectivity index (χ0) is 17.9. The van der Waals surface area contributed by atoms with Gasteiger partial charge in [-0.3, -0.25) is 4.79 Å². The number of benzene rings is 1. The molecule has 1 aliphatic rings. The number of aryl methyl sites for hydroxylation is 1. The SMILES string of the molecule is CN(Cc1noc2c1CCCC2)C(=O)c1csc(Cc2ccccc2)n1. The van der Waals surface area contributed by atoms with Crippen LogP contribution in [-0.2, 0) is 25.8 Å². The van der Waals surface area contributed by atoms with Gasteiger partial charge in [-0.25, -0.2) is 4.98 Å².